The van der Waals surface area contributed by atoms with Crippen LogP contribution in [0.15, 0.2) is 72.8 Å². The van der Waals surface area contributed by atoms with Crippen molar-refractivity contribution in [2.45, 2.75) is 63.7 Å². The zero-order valence-corrected chi connectivity index (χ0v) is 26.4. The highest BCUT2D eigenvalue weighted by atomic mass is 19.4. The summed E-state index contributed by atoms with van der Waals surface area (Å²) in [6.07, 6.45) is -4.63. The molecule has 2 heterocycles. The smallest absolute Gasteiger partial charge is 0.423 e. The molecule has 2 aliphatic carbocycles. The van der Waals surface area contributed by atoms with Gasteiger partial charge in [0, 0.05) is 33.8 Å². The maximum atomic E-state index is 13.6. The number of rotatable bonds is 6. The van der Waals surface area contributed by atoms with Crippen LogP contribution in [0, 0.1) is 0 Å². The van der Waals surface area contributed by atoms with E-state index in [4.69, 9.17) is 4.74 Å². The third-order valence-corrected chi connectivity index (χ3v) is 8.94. The molecule has 258 valence electrons. The number of benzene rings is 3. The van der Waals surface area contributed by atoms with Gasteiger partial charge in [-0.3, -0.25) is 4.79 Å². The van der Waals surface area contributed by atoms with Crippen molar-refractivity contribution in [2.75, 3.05) is 5.32 Å². The number of aromatic nitrogens is 4. The number of nitrogens with zero attached hydrogens (tertiary/aromatic N) is 4. The van der Waals surface area contributed by atoms with E-state index in [1.165, 1.54) is 70.0 Å². The van der Waals surface area contributed by atoms with Crippen molar-refractivity contribution in [1.29, 1.82) is 0 Å². The molecular formula is C36H29F6N5O3. The quantitative estimate of drug-likeness (QED) is 0.110. The Balaban J connectivity index is 0.987. The second-order valence-electron chi connectivity index (χ2n) is 12.2. The molecule has 2 aromatic heterocycles. The van der Waals surface area contributed by atoms with Crippen molar-refractivity contribution in [3.05, 3.63) is 118 Å². The fraction of sp³-hybridized carbons (Fsp3) is 0.278. The maximum Gasteiger partial charge on any atom is 0.435 e. The summed E-state index contributed by atoms with van der Waals surface area (Å²) in [5, 5.41) is 10.5. The van der Waals surface area contributed by atoms with Crippen LogP contribution in [0.3, 0.4) is 0 Å². The normalized spacial score (nSPS) is 14.5. The van der Waals surface area contributed by atoms with Crippen LogP contribution in [-0.4, -0.2) is 31.4 Å². The topological polar surface area (TPSA) is 91.0 Å². The van der Waals surface area contributed by atoms with Crippen molar-refractivity contribution >= 4 is 17.6 Å². The fourth-order valence-corrected chi connectivity index (χ4v) is 6.55. The second kappa shape index (κ2) is 12.8. The Hall–Kier alpha value is -5.40. The number of carbonyl (C=O) groups excluding carboxylic acids is 2. The maximum absolute atomic E-state index is 13.6. The highest BCUT2D eigenvalue weighted by Crippen LogP contribution is 2.38. The number of hydrogen-bond acceptors (Lipinski definition) is 5. The molecule has 14 heteroatoms. The predicted octanol–water partition coefficient (Wildman–Crippen LogP) is 8.32. The molecule has 0 aliphatic heterocycles. The Morgan fingerprint density at radius 1 is 0.600 bits per heavy atom. The molecule has 0 fully saturated rings. The van der Waals surface area contributed by atoms with Crippen molar-refractivity contribution in [2.24, 2.45) is 0 Å². The molecule has 0 atom stereocenters. The highest BCUT2D eigenvalue weighted by Gasteiger charge is 2.41. The molecule has 0 saturated heterocycles. The van der Waals surface area contributed by atoms with E-state index in [1.807, 2.05) is 0 Å². The van der Waals surface area contributed by atoms with E-state index in [1.54, 1.807) is 12.1 Å². The molecule has 0 saturated carbocycles. The molecule has 0 radical (unpaired) electrons. The minimum absolute atomic E-state index is 0.178. The summed E-state index contributed by atoms with van der Waals surface area (Å²) in [4.78, 5) is 25.7. The van der Waals surface area contributed by atoms with Crippen LogP contribution < -0.4 is 10.1 Å². The highest BCUT2D eigenvalue weighted by molar-refractivity contribution is 6.04. The number of amides is 1. The van der Waals surface area contributed by atoms with E-state index < -0.39 is 35.6 Å². The molecule has 2 aliphatic rings. The molecule has 50 heavy (non-hydrogen) atoms. The SMILES string of the molecule is O=C(Nc1ccc(OC(=O)c2ccc(-n3nc(C(F)(F)F)c4c3CCCC4)cc2)cc1)c1ccc(-n2nc(C(F)(F)F)c3c2CCCC3)cc1. The standard InChI is InChI=1S/C36H29F6N5O3/c37-35(38,39)31-27-5-1-3-7-29(27)46(44-31)24-15-9-21(10-16-24)33(48)43-23-13-19-26(20-14-23)50-34(49)22-11-17-25(18-12-22)47-30-8-4-2-6-28(30)32(45-47)36(40,41)42/h9-20H,1-8H2,(H,43,48). The second-order valence-corrected chi connectivity index (χ2v) is 12.2. The van der Waals surface area contributed by atoms with Gasteiger partial charge >= 0.3 is 18.3 Å². The lowest BCUT2D eigenvalue weighted by atomic mass is 9.95. The van der Waals surface area contributed by atoms with Crippen molar-refractivity contribution in [3.8, 4) is 17.1 Å². The number of hydrogen-bond donors (Lipinski definition) is 1. The summed E-state index contributed by atoms with van der Waals surface area (Å²) in [7, 11) is 0. The molecule has 0 unspecified atom stereocenters. The first-order valence-corrected chi connectivity index (χ1v) is 16.1. The molecule has 0 spiro atoms. The van der Waals surface area contributed by atoms with Gasteiger partial charge in [-0.1, -0.05) is 0 Å². The lowest BCUT2D eigenvalue weighted by molar-refractivity contribution is -0.142. The van der Waals surface area contributed by atoms with Crippen LogP contribution in [0.25, 0.3) is 11.4 Å². The van der Waals surface area contributed by atoms with Crippen LogP contribution >= 0.6 is 0 Å². The van der Waals surface area contributed by atoms with Crippen molar-refractivity contribution in [1.82, 2.24) is 19.6 Å². The van der Waals surface area contributed by atoms with E-state index in [2.05, 4.69) is 15.5 Å². The van der Waals surface area contributed by atoms with Crippen LogP contribution in [0.4, 0.5) is 32.0 Å². The zero-order chi connectivity index (χ0) is 35.2. The lowest BCUT2D eigenvalue weighted by Crippen LogP contribution is -2.13. The van der Waals surface area contributed by atoms with Gasteiger partial charge in [0.05, 0.1) is 16.9 Å². The molecule has 1 N–H and O–H groups in total. The number of carbonyl (C=O) groups is 2. The fourth-order valence-electron chi connectivity index (χ4n) is 6.55. The van der Waals surface area contributed by atoms with Gasteiger partial charge in [-0.25, -0.2) is 14.2 Å². The van der Waals surface area contributed by atoms with Gasteiger partial charge in [0.15, 0.2) is 11.4 Å². The molecular weight excluding hydrogens is 664 g/mol. The minimum atomic E-state index is -4.56. The first kappa shape index (κ1) is 33.1. The molecule has 0 bridgehead atoms. The molecule has 8 nitrogen and oxygen atoms in total. The zero-order valence-electron chi connectivity index (χ0n) is 26.4. The Morgan fingerprint density at radius 2 is 1.04 bits per heavy atom. The Morgan fingerprint density at radius 3 is 1.50 bits per heavy atom. The average Bonchev–Trinajstić information content (AvgIpc) is 3.70. The number of esters is 1. The van der Waals surface area contributed by atoms with Crippen LogP contribution in [0.1, 0.15) is 80.3 Å². The molecule has 5 aromatic rings. The Labute approximate surface area is 281 Å². The number of anilines is 1. The number of fused-ring (bicyclic) bond motifs is 2. The van der Waals surface area contributed by atoms with Crippen LogP contribution in [-0.2, 0) is 38.0 Å². The number of halogens is 6. The summed E-state index contributed by atoms with van der Waals surface area (Å²) in [5.41, 5.74) is 1.45. The molecule has 7 rings (SSSR count). The van der Waals surface area contributed by atoms with Gasteiger partial charge in [0.1, 0.15) is 5.75 Å². The van der Waals surface area contributed by atoms with Crippen molar-refractivity contribution < 1.29 is 40.7 Å². The Bertz CT molecular complexity index is 1910. The lowest BCUT2D eigenvalue weighted by Gasteiger charge is -2.15. The van der Waals surface area contributed by atoms with Crippen LogP contribution in [0.5, 0.6) is 5.75 Å². The van der Waals surface area contributed by atoms with E-state index in [9.17, 15) is 35.9 Å². The largest absolute Gasteiger partial charge is 0.435 e. The molecule has 1 amide bonds. The van der Waals surface area contributed by atoms with Gasteiger partial charge in [-0.05, 0) is 124 Å². The number of nitrogens with one attached hydrogen (secondary N) is 1. The summed E-state index contributed by atoms with van der Waals surface area (Å²) in [5.74, 6) is -0.952. The van der Waals surface area contributed by atoms with E-state index in [-0.39, 0.29) is 28.0 Å². The third kappa shape index (κ3) is 6.49. The monoisotopic (exact) mass is 693 g/mol. The Kier molecular flexibility index (Phi) is 8.48. The summed E-state index contributed by atoms with van der Waals surface area (Å²) < 4.78 is 89.7. The van der Waals surface area contributed by atoms with Gasteiger partial charge in [-0.2, -0.15) is 36.5 Å². The van der Waals surface area contributed by atoms with Gasteiger partial charge in [0.25, 0.3) is 5.91 Å². The molecule has 3 aromatic carbocycles. The first-order valence-electron chi connectivity index (χ1n) is 16.1. The first-order chi connectivity index (χ1) is 23.9. The van der Waals surface area contributed by atoms with Gasteiger partial charge in [0.2, 0.25) is 0 Å². The third-order valence-electron chi connectivity index (χ3n) is 8.94. The summed E-state index contributed by atoms with van der Waals surface area (Å²) in [6, 6.07) is 18.1. The summed E-state index contributed by atoms with van der Waals surface area (Å²) >= 11 is 0. The van der Waals surface area contributed by atoms with Gasteiger partial charge < -0.3 is 10.1 Å². The van der Waals surface area contributed by atoms with Crippen LogP contribution in [0.2, 0.25) is 0 Å². The van der Waals surface area contributed by atoms with Gasteiger partial charge in [-0.15, -0.1) is 0 Å². The number of ether oxygens (including phenoxy) is 1. The van der Waals surface area contributed by atoms with E-state index in [0.29, 0.717) is 67.0 Å². The van der Waals surface area contributed by atoms with Crippen molar-refractivity contribution in [3.63, 3.8) is 0 Å². The van der Waals surface area contributed by atoms with E-state index in [0.717, 1.165) is 12.8 Å². The van der Waals surface area contributed by atoms with E-state index >= 15 is 0 Å². The average molecular weight is 694 g/mol. The summed E-state index contributed by atoms with van der Waals surface area (Å²) in [6.45, 7) is 0. The number of alkyl halides is 6. The minimum Gasteiger partial charge on any atom is -0.423 e. The predicted molar refractivity (Wildman–Crippen MR) is 170 cm³/mol.